The van der Waals surface area contributed by atoms with Gasteiger partial charge in [-0.25, -0.2) is 0 Å². The van der Waals surface area contributed by atoms with Gasteiger partial charge in [-0.3, -0.25) is 9.20 Å². The van der Waals surface area contributed by atoms with Crippen LogP contribution < -0.4 is 10.6 Å². The molecule has 0 radical (unpaired) electrons. The highest BCUT2D eigenvalue weighted by molar-refractivity contribution is 5.93. The van der Waals surface area contributed by atoms with Crippen molar-refractivity contribution in [3.8, 4) is 0 Å². The number of nitrogens with zero attached hydrogens (tertiary/aromatic N) is 3. The van der Waals surface area contributed by atoms with Crippen LogP contribution in [0.25, 0.3) is 5.65 Å². The van der Waals surface area contributed by atoms with Crippen LogP contribution in [-0.2, 0) is 11.3 Å². The van der Waals surface area contributed by atoms with Crippen LogP contribution in [0.4, 0.5) is 0 Å². The Morgan fingerprint density at radius 3 is 3.00 bits per heavy atom. The Labute approximate surface area is 110 Å². The molecule has 0 aromatic carbocycles. The Morgan fingerprint density at radius 2 is 2.26 bits per heavy atom. The molecule has 6 nitrogen and oxygen atoms in total. The molecule has 6 heteroatoms. The van der Waals surface area contributed by atoms with E-state index in [2.05, 4.69) is 20.8 Å². The SMILES string of the molecule is CC(C(=O)NCc1nnc2ccccn12)=C1CNC1. The number of amides is 1. The van der Waals surface area contributed by atoms with Gasteiger partial charge in [0.15, 0.2) is 11.5 Å². The predicted molar refractivity (Wildman–Crippen MR) is 70.4 cm³/mol. The van der Waals surface area contributed by atoms with Crippen molar-refractivity contribution >= 4 is 11.6 Å². The first-order valence-electron chi connectivity index (χ1n) is 6.22. The van der Waals surface area contributed by atoms with Crippen molar-refractivity contribution in [3.63, 3.8) is 0 Å². The summed E-state index contributed by atoms with van der Waals surface area (Å²) in [5.74, 6) is 0.692. The molecule has 2 aromatic rings. The van der Waals surface area contributed by atoms with Crippen LogP contribution in [0.2, 0.25) is 0 Å². The summed E-state index contributed by atoms with van der Waals surface area (Å²) in [5, 5.41) is 14.1. The number of nitrogens with one attached hydrogen (secondary N) is 2. The number of hydrogen-bond acceptors (Lipinski definition) is 4. The first kappa shape index (κ1) is 11.9. The van der Waals surface area contributed by atoms with Gasteiger partial charge in [0, 0.05) is 24.9 Å². The number of carbonyl (C=O) groups is 1. The van der Waals surface area contributed by atoms with Gasteiger partial charge in [-0.1, -0.05) is 6.07 Å². The van der Waals surface area contributed by atoms with Gasteiger partial charge in [0.1, 0.15) is 0 Å². The van der Waals surface area contributed by atoms with Gasteiger partial charge in [0.25, 0.3) is 0 Å². The third-order valence-electron chi connectivity index (χ3n) is 3.34. The average Bonchev–Trinajstić information content (AvgIpc) is 2.77. The van der Waals surface area contributed by atoms with Crippen molar-refractivity contribution in [2.75, 3.05) is 13.1 Å². The Hall–Kier alpha value is -2.21. The van der Waals surface area contributed by atoms with Gasteiger partial charge in [-0.2, -0.15) is 0 Å². The van der Waals surface area contributed by atoms with Gasteiger partial charge in [0.2, 0.25) is 5.91 Å². The summed E-state index contributed by atoms with van der Waals surface area (Å²) in [6, 6.07) is 5.70. The molecular formula is C13H15N5O. The molecule has 1 saturated heterocycles. The summed E-state index contributed by atoms with van der Waals surface area (Å²) in [6.07, 6.45) is 1.89. The fourth-order valence-corrected chi connectivity index (χ4v) is 1.98. The van der Waals surface area contributed by atoms with Crippen molar-refractivity contribution in [3.05, 3.63) is 41.4 Å². The molecule has 19 heavy (non-hydrogen) atoms. The lowest BCUT2D eigenvalue weighted by atomic mass is 10.0. The fourth-order valence-electron chi connectivity index (χ4n) is 1.98. The van der Waals surface area contributed by atoms with Crippen molar-refractivity contribution < 1.29 is 4.79 Å². The molecule has 0 aliphatic carbocycles. The molecule has 0 saturated carbocycles. The highest BCUT2D eigenvalue weighted by Gasteiger charge is 2.16. The topological polar surface area (TPSA) is 71.3 Å². The maximum Gasteiger partial charge on any atom is 0.247 e. The first-order chi connectivity index (χ1) is 9.25. The van der Waals surface area contributed by atoms with Gasteiger partial charge in [-0.15, -0.1) is 10.2 Å². The number of pyridine rings is 1. The zero-order valence-corrected chi connectivity index (χ0v) is 10.7. The quantitative estimate of drug-likeness (QED) is 0.774. The Morgan fingerprint density at radius 1 is 1.42 bits per heavy atom. The third kappa shape index (κ3) is 2.22. The molecule has 1 aliphatic rings. The molecule has 0 unspecified atom stereocenters. The standard InChI is InChI=1S/C13H15N5O/c1-9(10-6-14-7-10)13(19)15-8-12-17-16-11-4-2-3-5-18(11)12/h2-5,14H,6-8H2,1H3,(H,15,19). The highest BCUT2D eigenvalue weighted by Crippen LogP contribution is 2.09. The van der Waals surface area contributed by atoms with E-state index in [1.165, 1.54) is 5.57 Å². The van der Waals surface area contributed by atoms with E-state index in [4.69, 9.17) is 0 Å². The van der Waals surface area contributed by atoms with E-state index in [-0.39, 0.29) is 5.91 Å². The number of carbonyl (C=O) groups excluding carboxylic acids is 1. The third-order valence-corrected chi connectivity index (χ3v) is 3.34. The van der Waals surface area contributed by atoms with E-state index in [1.807, 2.05) is 35.7 Å². The summed E-state index contributed by atoms with van der Waals surface area (Å²) in [7, 11) is 0. The van der Waals surface area contributed by atoms with Crippen molar-refractivity contribution in [2.24, 2.45) is 0 Å². The maximum atomic E-state index is 12.0. The summed E-state index contributed by atoms with van der Waals surface area (Å²) in [5.41, 5.74) is 2.75. The average molecular weight is 257 g/mol. The largest absolute Gasteiger partial charge is 0.345 e. The molecule has 2 aromatic heterocycles. The molecule has 0 atom stereocenters. The molecule has 1 aliphatic heterocycles. The normalized spacial score (nSPS) is 14.3. The fraction of sp³-hybridized carbons (Fsp3) is 0.308. The van der Waals surface area contributed by atoms with Crippen molar-refractivity contribution in [1.29, 1.82) is 0 Å². The molecule has 0 bridgehead atoms. The summed E-state index contributed by atoms with van der Waals surface area (Å²) < 4.78 is 1.87. The predicted octanol–water partition coefficient (Wildman–Crippen LogP) is 0.265. The van der Waals surface area contributed by atoms with E-state index < -0.39 is 0 Å². The minimum absolute atomic E-state index is 0.0378. The summed E-state index contributed by atoms with van der Waals surface area (Å²) in [4.78, 5) is 12.0. The second-order valence-electron chi connectivity index (χ2n) is 4.56. The highest BCUT2D eigenvalue weighted by atomic mass is 16.1. The van der Waals surface area contributed by atoms with Crippen LogP contribution in [0, 0.1) is 0 Å². The van der Waals surface area contributed by atoms with E-state index in [0.717, 1.165) is 30.1 Å². The summed E-state index contributed by atoms with van der Waals surface area (Å²) in [6.45, 7) is 3.86. The first-order valence-corrected chi connectivity index (χ1v) is 6.22. The maximum absolute atomic E-state index is 12.0. The minimum Gasteiger partial charge on any atom is -0.345 e. The van der Waals surface area contributed by atoms with E-state index >= 15 is 0 Å². The molecule has 1 fully saturated rings. The van der Waals surface area contributed by atoms with Crippen LogP contribution in [0.5, 0.6) is 0 Å². The zero-order chi connectivity index (χ0) is 13.2. The van der Waals surface area contributed by atoms with Gasteiger partial charge >= 0.3 is 0 Å². The van der Waals surface area contributed by atoms with Crippen LogP contribution in [0.1, 0.15) is 12.7 Å². The lowest BCUT2D eigenvalue weighted by Gasteiger charge is -2.21. The minimum atomic E-state index is -0.0378. The molecular weight excluding hydrogens is 242 g/mol. The zero-order valence-electron chi connectivity index (χ0n) is 10.7. The van der Waals surface area contributed by atoms with Crippen LogP contribution in [-0.4, -0.2) is 33.6 Å². The molecule has 3 heterocycles. The molecule has 98 valence electrons. The van der Waals surface area contributed by atoms with E-state index in [1.54, 1.807) is 0 Å². The van der Waals surface area contributed by atoms with Gasteiger partial charge in [0.05, 0.1) is 6.54 Å². The smallest absolute Gasteiger partial charge is 0.247 e. The molecule has 1 amide bonds. The Kier molecular flexibility index (Phi) is 3.00. The van der Waals surface area contributed by atoms with Crippen molar-refractivity contribution in [1.82, 2.24) is 25.2 Å². The van der Waals surface area contributed by atoms with Crippen LogP contribution in [0.15, 0.2) is 35.5 Å². The van der Waals surface area contributed by atoms with E-state index in [9.17, 15) is 4.79 Å². The molecule has 0 spiro atoms. The van der Waals surface area contributed by atoms with Crippen LogP contribution in [0.3, 0.4) is 0 Å². The number of hydrogen-bond donors (Lipinski definition) is 2. The van der Waals surface area contributed by atoms with Crippen molar-refractivity contribution in [2.45, 2.75) is 13.5 Å². The Balaban J connectivity index is 1.71. The second-order valence-corrected chi connectivity index (χ2v) is 4.56. The lowest BCUT2D eigenvalue weighted by molar-refractivity contribution is -0.117. The van der Waals surface area contributed by atoms with Gasteiger partial charge in [-0.05, 0) is 24.6 Å². The van der Waals surface area contributed by atoms with Gasteiger partial charge < -0.3 is 10.6 Å². The van der Waals surface area contributed by atoms with Crippen LogP contribution >= 0.6 is 0 Å². The number of aromatic nitrogens is 3. The Bertz CT molecular complexity index is 652. The van der Waals surface area contributed by atoms with E-state index in [0.29, 0.717) is 6.54 Å². The lowest BCUT2D eigenvalue weighted by Crippen LogP contribution is -2.37. The number of fused-ring (bicyclic) bond motifs is 1. The number of rotatable bonds is 3. The second kappa shape index (κ2) is 4.81. The monoisotopic (exact) mass is 257 g/mol. The summed E-state index contributed by atoms with van der Waals surface area (Å²) >= 11 is 0. The molecule has 2 N–H and O–H groups in total. The molecule has 3 rings (SSSR count).